The topological polar surface area (TPSA) is 39.7 Å². The van der Waals surface area contributed by atoms with Crippen molar-refractivity contribution in [2.24, 2.45) is 4.99 Å². The minimum Gasteiger partial charge on any atom is -0.356 e. The summed E-state index contributed by atoms with van der Waals surface area (Å²) < 4.78 is 24.6. The molecule has 0 bridgehead atoms. The summed E-state index contributed by atoms with van der Waals surface area (Å²) in [4.78, 5) is 6.01. The predicted octanol–water partition coefficient (Wildman–Crippen LogP) is 1.85. The number of rotatable bonds is 6. The van der Waals surface area contributed by atoms with Crippen LogP contribution in [0.5, 0.6) is 0 Å². The zero-order chi connectivity index (χ0) is 14.8. The molecule has 1 aliphatic rings. The van der Waals surface area contributed by atoms with Crippen LogP contribution >= 0.6 is 0 Å². The number of piperidine rings is 1. The first-order valence-corrected chi connectivity index (χ1v) is 7.24. The molecule has 2 N–H and O–H groups in total. The van der Waals surface area contributed by atoms with Crippen LogP contribution in [0.4, 0.5) is 8.78 Å². The third kappa shape index (κ3) is 6.84. The molecule has 6 heteroatoms. The standard InChI is InChI=1S/C14H26F2N4/c1-3-4-5-8-18-14(17-2)19-12-6-9-20(10-7-12)11-13(15)16/h3-4,12-13H,5-11H2,1-2H3,(H2,17,18,19)/b4-3+. The van der Waals surface area contributed by atoms with E-state index in [4.69, 9.17) is 0 Å². The Labute approximate surface area is 120 Å². The van der Waals surface area contributed by atoms with Crippen LogP contribution in [0.15, 0.2) is 17.1 Å². The van der Waals surface area contributed by atoms with Gasteiger partial charge in [-0.2, -0.15) is 0 Å². The molecule has 0 atom stereocenters. The number of halogens is 2. The molecule has 116 valence electrons. The number of nitrogens with one attached hydrogen (secondary N) is 2. The second kappa shape index (κ2) is 9.69. The van der Waals surface area contributed by atoms with E-state index in [1.807, 2.05) is 17.9 Å². The van der Waals surface area contributed by atoms with Gasteiger partial charge in [0, 0.05) is 32.7 Å². The predicted molar refractivity (Wildman–Crippen MR) is 79.4 cm³/mol. The monoisotopic (exact) mass is 288 g/mol. The number of nitrogens with zero attached hydrogens (tertiary/aromatic N) is 2. The zero-order valence-corrected chi connectivity index (χ0v) is 12.4. The fourth-order valence-corrected chi connectivity index (χ4v) is 2.28. The molecule has 1 aliphatic heterocycles. The van der Waals surface area contributed by atoms with Gasteiger partial charge in [-0.25, -0.2) is 8.78 Å². The van der Waals surface area contributed by atoms with Crippen LogP contribution < -0.4 is 10.6 Å². The van der Waals surface area contributed by atoms with E-state index < -0.39 is 6.43 Å². The highest BCUT2D eigenvalue weighted by atomic mass is 19.3. The van der Waals surface area contributed by atoms with Gasteiger partial charge in [0.1, 0.15) is 0 Å². The van der Waals surface area contributed by atoms with Crippen LogP contribution in [0.3, 0.4) is 0 Å². The second-order valence-corrected chi connectivity index (χ2v) is 4.97. The average Bonchev–Trinajstić information content (AvgIpc) is 2.43. The first-order chi connectivity index (χ1) is 9.65. The molecular weight excluding hydrogens is 262 g/mol. The maximum absolute atomic E-state index is 12.3. The van der Waals surface area contributed by atoms with E-state index in [0.29, 0.717) is 6.04 Å². The maximum Gasteiger partial charge on any atom is 0.251 e. The van der Waals surface area contributed by atoms with Crippen molar-refractivity contribution in [1.82, 2.24) is 15.5 Å². The fraction of sp³-hybridized carbons (Fsp3) is 0.786. The molecule has 0 aromatic heterocycles. The minimum atomic E-state index is -2.24. The Morgan fingerprint density at radius 1 is 1.40 bits per heavy atom. The lowest BCUT2D eigenvalue weighted by Gasteiger charge is -2.32. The molecule has 0 aliphatic carbocycles. The molecule has 0 unspecified atom stereocenters. The van der Waals surface area contributed by atoms with Gasteiger partial charge in [-0.15, -0.1) is 0 Å². The molecule has 0 amide bonds. The highest BCUT2D eigenvalue weighted by molar-refractivity contribution is 5.79. The molecule has 1 saturated heterocycles. The summed E-state index contributed by atoms with van der Waals surface area (Å²) in [6, 6.07) is 0.317. The van der Waals surface area contributed by atoms with Gasteiger partial charge in [-0.05, 0) is 26.2 Å². The van der Waals surface area contributed by atoms with Crippen molar-refractivity contribution < 1.29 is 8.78 Å². The summed E-state index contributed by atoms with van der Waals surface area (Å²) in [5, 5.41) is 6.61. The van der Waals surface area contributed by atoms with Gasteiger partial charge >= 0.3 is 0 Å². The molecule has 1 heterocycles. The summed E-state index contributed by atoms with van der Waals surface area (Å²) >= 11 is 0. The van der Waals surface area contributed by atoms with Crippen LogP contribution in [-0.4, -0.2) is 56.6 Å². The van der Waals surface area contributed by atoms with E-state index in [-0.39, 0.29) is 6.54 Å². The smallest absolute Gasteiger partial charge is 0.251 e. The number of hydrogen-bond donors (Lipinski definition) is 2. The quantitative estimate of drug-likeness (QED) is 0.339. The van der Waals surface area contributed by atoms with Crippen molar-refractivity contribution in [2.75, 3.05) is 33.2 Å². The molecule has 0 saturated carbocycles. The Hall–Kier alpha value is -1.17. The number of hydrogen-bond acceptors (Lipinski definition) is 2. The van der Waals surface area contributed by atoms with Crippen LogP contribution in [-0.2, 0) is 0 Å². The third-order valence-corrected chi connectivity index (χ3v) is 3.39. The Kier molecular flexibility index (Phi) is 8.18. The van der Waals surface area contributed by atoms with Gasteiger partial charge in [0.2, 0.25) is 0 Å². The number of guanidine groups is 1. The van der Waals surface area contributed by atoms with Crippen molar-refractivity contribution in [3.05, 3.63) is 12.2 Å². The second-order valence-electron chi connectivity index (χ2n) is 4.97. The number of allylic oxidation sites excluding steroid dienone is 1. The van der Waals surface area contributed by atoms with Crippen LogP contribution in [0.1, 0.15) is 26.2 Å². The zero-order valence-electron chi connectivity index (χ0n) is 12.4. The van der Waals surface area contributed by atoms with Crippen molar-refractivity contribution in [3.63, 3.8) is 0 Å². The molecular formula is C14H26F2N4. The Morgan fingerprint density at radius 3 is 2.65 bits per heavy atom. The summed E-state index contributed by atoms with van der Waals surface area (Å²) in [5.41, 5.74) is 0. The molecule has 1 fully saturated rings. The summed E-state index contributed by atoms with van der Waals surface area (Å²) in [6.45, 7) is 4.17. The largest absolute Gasteiger partial charge is 0.356 e. The van der Waals surface area contributed by atoms with Crippen molar-refractivity contribution >= 4 is 5.96 Å². The molecule has 0 radical (unpaired) electrons. The first-order valence-electron chi connectivity index (χ1n) is 7.24. The van der Waals surface area contributed by atoms with E-state index in [9.17, 15) is 8.78 Å². The minimum absolute atomic E-state index is 0.108. The van der Waals surface area contributed by atoms with Crippen molar-refractivity contribution in [1.29, 1.82) is 0 Å². The van der Waals surface area contributed by atoms with E-state index in [1.54, 1.807) is 7.05 Å². The molecule has 1 rings (SSSR count). The molecule has 0 spiro atoms. The van der Waals surface area contributed by atoms with Crippen LogP contribution in [0.2, 0.25) is 0 Å². The summed E-state index contributed by atoms with van der Waals surface area (Å²) in [7, 11) is 1.75. The van der Waals surface area contributed by atoms with Gasteiger partial charge in [-0.1, -0.05) is 12.2 Å². The molecule has 4 nitrogen and oxygen atoms in total. The average molecular weight is 288 g/mol. The van der Waals surface area contributed by atoms with Crippen LogP contribution in [0.25, 0.3) is 0 Å². The van der Waals surface area contributed by atoms with E-state index in [2.05, 4.69) is 21.7 Å². The van der Waals surface area contributed by atoms with Gasteiger partial charge < -0.3 is 10.6 Å². The Morgan fingerprint density at radius 2 is 2.10 bits per heavy atom. The molecule has 0 aromatic rings. The van der Waals surface area contributed by atoms with E-state index in [1.165, 1.54) is 0 Å². The lowest BCUT2D eigenvalue weighted by molar-refractivity contribution is 0.0744. The van der Waals surface area contributed by atoms with Gasteiger partial charge in [0.25, 0.3) is 6.43 Å². The van der Waals surface area contributed by atoms with Crippen molar-refractivity contribution in [3.8, 4) is 0 Å². The van der Waals surface area contributed by atoms with E-state index >= 15 is 0 Å². The van der Waals surface area contributed by atoms with Gasteiger partial charge in [0.05, 0.1) is 6.54 Å². The fourth-order valence-electron chi connectivity index (χ4n) is 2.28. The number of likely N-dealkylation sites (tertiary alicyclic amines) is 1. The molecule has 0 aromatic carbocycles. The lowest BCUT2D eigenvalue weighted by atomic mass is 10.1. The summed E-state index contributed by atoms with van der Waals surface area (Å²) in [6.07, 6.45) is 4.61. The SMILES string of the molecule is C/C=C/CCNC(=NC)NC1CCN(CC(F)F)CC1. The Balaban J connectivity index is 2.23. The normalized spacial score (nSPS) is 18.9. The number of aliphatic imine (C=N–C) groups is 1. The Bertz CT molecular complexity index is 310. The third-order valence-electron chi connectivity index (χ3n) is 3.39. The van der Waals surface area contributed by atoms with Gasteiger partial charge in [-0.3, -0.25) is 9.89 Å². The molecule has 20 heavy (non-hydrogen) atoms. The van der Waals surface area contributed by atoms with Crippen LogP contribution in [0, 0.1) is 0 Å². The number of alkyl halides is 2. The maximum atomic E-state index is 12.3. The first kappa shape index (κ1) is 16.9. The van der Waals surface area contributed by atoms with Gasteiger partial charge in [0.15, 0.2) is 5.96 Å². The highest BCUT2D eigenvalue weighted by Crippen LogP contribution is 2.11. The summed E-state index contributed by atoms with van der Waals surface area (Å²) in [5.74, 6) is 0.793. The lowest BCUT2D eigenvalue weighted by Crippen LogP contribution is -2.49. The van der Waals surface area contributed by atoms with Crippen molar-refractivity contribution in [2.45, 2.75) is 38.7 Å². The van der Waals surface area contributed by atoms with E-state index in [0.717, 1.165) is 44.9 Å². The highest BCUT2D eigenvalue weighted by Gasteiger charge is 2.21.